The number of aryl methyl sites for hydroxylation is 1. The molecule has 2 rings (SSSR count). The van der Waals surface area contributed by atoms with Crippen molar-refractivity contribution in [3.8, 4) is 0 Å². The first-order valence-electron chi connectivity index (χ1n) is 5.71. The number of hydrogen-bond acceptors (Lipinski definition) is 5. The largest absolute Gasteiger partial charge is 0.393 e. The average Bonchev–Trinajstić information content (AvgIpc) is 2.35. The van der Waals surface area contributed by atoms with Gasteiger partial charge in [-0.2, -0.15) is 0 Å². The fraction of sp³-hybridized carbons (Fsp3) is 0.167. The molecule has 8 heteroatoms. The number of benzene rings is 1. The van der Waals surface area contributed by atoms with Crippen LogP contribution in [0.4, 0.5) is 11.4 Å². The fourth-order valence-corrected chi connectivity index (χ4v) is 1.80. The van der Waals surface area contributed by atoms with Gasteiger partial charge in [0.2, 0.25) is 0 Å². The SMILES string of the molecule is Cc1cn(Cc2ccc([N+](=O)[O-])c(N)c2)c(=O)[nH]c1=O. The molecule has 104 valence electrons. The number of nitrogen functional groups attached to an aromatic ring is 1. The Morgan fingerprint density at radius 3 is 2.70 bits per heavy atom. The lowest BCUT2D eigenvalue weighted by molar-refractivity contribution is -0.383. The molecule has 0 unspecified atom stereocenters. The zero-order chi connectivity index (χ0) is 14.9. The summed E-state index contributed by atoms with van der Waals surface area (Å²) in [5, 5.41) is 10.7. The highest BCUT2D eigenvalue weighted by molar-refractivity contribution is 5.59. The standard InChI is InChI=1S/C12H12N4O4/c1-7-5-15(12(18)14-11(7)17)6-8-2-3-10(16(19)20)9(13)4-8/h2-5H,6,13H2,1H3,(H,14,17,18). The number of nitro benzene ring substituents is 1. The number of nitro groups is 1. The highest BCUT2D eigenvalue weighted by atomic mass is 16.6. The van der Waals surface area contributed by atoms with Gasteiger partial charge < -0.3 is 5.73 Å². The molecular weight excluding hydrogens is 264 g/mol. The second-order valence-corrected chi connectivity index (χ2v) is 4.35. The van der Waals surface area contributed by atoms with E-state index in [0.29, 0.717) is 11.1 Å². The van der Waals surface area contributed by atoms with Crippen LogP contribution in [0.2, 0.25) is 0 Å². The van der Waals surface area contributed by atoms with E-state index in [2.05, 4.69) is 4.98 Å². The minimum Gasteiger partial charge on any atom is -0.393 e. The maximum Gasteiger partial charge on any atom is 0.328 e. The molecule has 0 aliphatic carbocycles. The number of nitrogens with one attached hydrogen (secondary N) is 1. The molecule has 1 aromatic carbocycles. The first-order chi connectivity index (χ1) is 9.38. The number of aromatic amines is 1. The van der Waals surface area contributed by atoms with Crippen LogP contribution in [0, 0.1) is 17.0 Å². The number of H-pyrrole nitrogens is 1. The van der Waals surface area contributed by atoms with Gasteiger partial charge in [0, 0.05) is 17.8 Å². The summed E-state index contributed by atoms with van der Waals surface area (Å²) in [5.41, 5.74) is 5.48. The van der Waals surface area contributed by atoms with Gasteiger partial charge in [-0.15, -0.1) is 0 Å². The monoisotopic (exact) mass is 276 g/mol. The van der Waals surface area contributed by atoms with E-state index in [4.69, 9.17) is 5.73 Å². The molecule has 20 heavy (non-hydrogen) atoms. The van der Waals surface area contributed by atoms with E-state index in [1.165, 1.54) is 29.0 Å². The van der Waals surface area contributed by atoms with Crippen LogP contribution in [-0.4, -0.2) is 14.5 Å². The Labute approximate surface area is 112 Å². The summed E-state index contributed by atoms with van der Waals surface area (Å²) in [4.78, 5) is 35.1. The molecule has 0 atom stereocenters. The van der Waals surface area contributed by atoms with E-state index in [1.807, 2.05) is 0 Å². The number of aromatic nitrogens is 2. The highest BCUT2D eigenvalue weighted by Crippen LogP contribution is 2.22. The third-order valence-electron chi connectivity index (χ3n) is 2.83. The van der Waals surface area contributed by atoms with Gasteiger partial charge in [-0.05, 0) is 18.6 Å². The summed E-state index contributed by atoms with van der Waals surface area (Å²) < 4.78 is 1.30. The van der Waals surface area contributed by atoms with Crippen molar-refractivity contribution in [3.05, 3.63) is 66.5 Å². The Kier molecular flexibility index (Phi) is 3.38. The molecule has 0 radical (unpaired) electrons. The Morgan fingerprint density at radius 1 is 1.40 bits per heavy atom. The van der Waals surface area contributed by atoms with Crippen molar-refractivity contribution < 1.29 is 4.92 Å². The minimum atomic E-state index is -0.574. The molecular formula is C12H12N4O4. The van der Waals surface area contributed by atoms with E-state index in [-0.39, 0.29) is 17.9 Å². The zero-order valence-electron chi connectivity index (χ0n) is 10.6. The molecule has 0 aliphatic heterocycles. The van der Waals surface area contributed by atoms with Gasteiger partial charge in [-0.25, -0.2) is 4.79 Å². The quantitative estimate of drug-likeness (QED) is 0.476. The van der Waals surface area contributed by atoms with Crippen molar-refractivity contribution in [1.29, 1.82) is 0 Å². The van der Waals surface area contributed by atoms with E-state index in [1.54, 1.807) is 6.92 Å². The van der Waals surface area contributed by atoms with Crippen molar-refractivity contribution >= 4 is 11.4 Å². The predicted octanol–water partition coefficient (Wildman–Crippen LogP) is 0.384. The van der Waals surface area contributed by atoms with Crippen LogP contribution in [0.15, 0.2) is 34.0 Å². The second kappa shape index (κ2) is 5.00. The summed E-state index contributed by atoms with van der Waals surface area (Å²) >= 11 is 0. The van der Waals surface area contributed by atoms with E-state index >= 15 is 0 Å². The zero-order valence-corrected chi connectivity index (χ0v) is 10.6. The highest BCUT2D eigenvalue weighted by Gasteiger charge is 2.11. The van der Waals surface area contributed by atoms with Crippen LogP contribution < -0.4 is 17.0 Å². The molecule has 0 aliphatic rings. The molecule has 0 amide bonds. The smallest absolute Gasteiger partial charge is 0.328 e. The number of rotatable bonds is 3. The van der Waals surface area contributed by atoms with Crippen molar-refractivity contribution in [3.63, 3.8) is 0 Å². The minimum absolute atomic E-state index is 0.0293. The number of anilines is 1. The van der Waals surface area contributed by atoms with Crippen molar-refractivity contribution in [2.75, 3.05) is 5.73 Å². The van der Waals surface area contributed by atoms with Gasteiger partial charge >= 0.3 is 5.69 Å². The van der Waals surface area contributed by atoms with Crippen LogP contribution >= 0.6 is 0 Å². The molecule has 1 heterocycles. The Bertz CT molecular complexity index is 791. The molecule has 1 aromatic heterocycles. The second-order valence-electron chi connectivity index (χ2n) is 4.35. The molecule has 0 fully saturated rings. The lowest BCUT2D eigenvalue weighted by Crippen LogP contribution is -2.31. The molecule has 8 nitrogen and oxygen atoms in total. The van der Waals surface area contributed by atoms with Gasteiger partial charge in [0.15, 0.2) is 0 Å². The normalized spacial score (nSPS) is 10.4. The molecule has 0 bridgehead atoms. The van der Waals surface area contributed by atoms with Crippen LogP contribution in [0.5, 0.6) is 0 Å². The Hall–Kier alpha value is -2.90. The summed E-state index contributed by atoms with van der Waals surface area (Å²) in [6, 6.07) is 4.24. The van der Waals surface area contributed by atoms with E-state index < -0.39 is 16.2 Å². The summed E-state index contributed by atoms with van der Waals surface area (Å²) in [6.45, 7) is 1.75. The molecule has 0 spiro atoms. The molecule has 3 N–H and O–H groups in total. The van der Waals surface area contributed by atoms with Gasteiger partial charge in [0.05, 0.1) is 11.5 Å². The van der Waals surface area contributed by atoms with Crippen molar-refractivity contribution in [1.82, 2.24) is 9.55 Å². The molecule has 2 aromatic rings. The maximum absolute atomic E-state index is 11.6. The number of hydrogen-bond donors (Lipinski definition) is 2. The summed E-state index contributed by atoms with van der Waals surface area (Å²) in [5.74, 6) is 0. The van der Waals surface area contributed by atoms with Gasteiger partial charge in [0.1, 0.15) is 5.69 Å². The lowest BCUT2D eigenvalue weighted by atomic mass is 10.1. The van der Waals surface area contributed by atoms with Gasteiger partial charge in [0.25, 0.3) is 11.2 Å². The van der Waals surface area contributed by atoms with Crippen molar-refractivity contribution in [2.24, 2.45) is 0 Å². The van der Waals surface area contributed by atoms with Gasteiger partial charge in [-0.3, -0.25) is 24.5 Å². The van der Waals surface area contributed by atoms with Crippen LogP contribution in [-0.2, 0) is 6.54 Å². The maximum atomic E-state index is 11.6. The summed E-state index contributed by atoms with van der Waals surface area (Å²) in [6.07, 6.45) is 1.43. The lowest BCUT2D eigenvalue weighted by Gasteiger charge is -2.07. The van der Waals surface area contributed by atoms with Crippen LogP contribution in [0.3, 0.4) is 0 Å². The first-order valence-corrected chi connectivity index (χ1v) is 5.71. The average molecular weight is 276 g/mol. The Morgan fingerprint density at radius 2 is 2.10 bits per heavy atom. The van der Waals surface area contributed by atoms with E-state index in [0.717, 1.165) is 0 Å². The predicted molar refractivity (Wildman–Crippen MR) is 72.7 cm³/mol. The molecule has 0 saturated heterocycles. The number of nitrogens with two attached hydrogens (primary N) is 1. The summed E-state index contributed by atoms with van der Waals surface area (Å²) in [7, 11) is 0. The Balaban J connectivity index is 2.38. The third-order valence-corrected chi connectivity index (χ3v) is 2.83. The number of nitrogens with zero attached hydrogens (tertiary/aromatic N) is 2. The van der Waals surface area contributed by atoms with Crippen LogP contribution in [0.25, 0.3) is 0 Å². The topological polar surface area (TPSA) is 124 Å². The fourth-order valence-electron chi connectivity index (χ4n) is 1.80. The third kappa shape index (κ3) is 2.58. The first kappa shape index (κ1) is 13.5. The van der Waals surface area contributed by atoms with E-state index in [9.17, 15) is 19.7 Å². The molecule has 0 saturated carbocycles. The van der Waals surface area contributed by atoms with Crippen LogP contribution in [0.1, 0.15) is 11.1 Å². The van der Waals surface area contributed by atoms with Gasteiger partial charge in [-0.1, -0.05) is 6.07 Å². The van der Waals surface area contributed by atoms with Crippen molar-refractivity contribution in [2.45, 2.75) is 13.5 Å².